The van der Waals surface area contributed by atoms with Crippen LogP contribution in [0, 0.1) is 5.41 Å². The number of carbonyl (C=O) groups is 1. The molecule has 14 heavy (non-hydrogen) atoms. The molecule has 2 bridgehead atoms. The predicted octanol–water partition coefficient (Wildman–Crippen LogP) is 2.53. The highest BCUT2D eigenvalue weighted by Crippen LogP contribution is 2.48. The molecule has 1 saturated carbocycles. The molecule has 80 valence electrons. The molecule has 3 fully saturated rings. The first-order valence-electron chi connectivity index (χ1n) is 4.75. The fourth-order valence-electron chi connectivity index (χ4n) is 2.27. The van der Waals surface area contributed by atoms with E-state index in [1.165, 1.54) is 9.21 Å². The number of hydrogen-bond donors (Lipinski definition) is 0. The number of fused-ring (bicyclic) bond motifs is 3. The molecular formula is C9H13IO3S. The van der Waals surface area contributed by atoms with Crippen LogP contribution in [0.5, 0.6) is 0 Å². The molecule has 2 aliphatic heterocycles. The van der Waals surface area contributed by atoms with Gasteiger partial charge in [-0.25, -0.2) is 0 Å². The molecule has 2 saturated heterocycles. The number of hydrogen-bond acceptors (Lipinski definition) is 4. The lowest BCUT2D eigenvalue weighted by atomic mass is 9.67. The Hall–Kier alpha value is 0.670. The Morgan fingerprint density at radius 1 is 1.43 bits per heavy atom. The average Bonchev–Trinajstić information content (AvgIpc) is 2.29. The van der Waals surface area contributed by atoms with Crippen LogP contribution in [-0.4, -0.2) is 25.1 Å². The van der Waals surface area contributed by atoms with Crippen LogP contribution in [0.2, 0.25) is 0 Å². The predicted molar refractivity (Wildman–Crippen MR) is 63.2 cm³/mol. The monoisotopic (exact) mass is 328 g/mol. The second-order valence-electron chi connectivity index (χ2n) is 4.30. The lowest BCUT2D eigenvalue weighted by molar-refractivity contribution is -0.186. The summed E-state index contributed by atoms with van der Waals surface area (Å²) < 4.78 is 11.0. The maximum atomic E-state index is 10.9. The Morgan fingerprint density at radius 3 is 2.57 bits per heavy atom. The third kappa shape index (κ3) is 1.96. The van der Waals surface area contributed by atoms with Gasteiger partial charge in [-0.2, -0.15) is 0 Å². The number of aldehydes is 1. The maximum absolute atomic E-state index is 10.9. The van der Waals surface area contributed by atoms with Gasteiger partial charge >= 0.3 is 0 Å². The first-order chi connectivity index (χ1) is 6.74. The van der Waals surface area contributed by atoms with Crippen LogP contribution in [0.25, 0.3) is 0 Å². The Bertz CT molecular complexity index is 210. The normalized spacial score (nSPS) is 41.2. The zero-order valence-corrected chi connectivity index (χ0v) is 10.8. The van der Waals surface area contributed by atoms with Gasteiger partial charge in [0.2, 0.25) is 0 Å². The topological polar surface area (TPSA) is 35.5 Å². The summed E-state index contributed by atoms with van der Waals surface area (Å²) in [4.78, 5) is 10.9. The van der Waals surface area contributed by atoms with Crippen molar-refractivity contribution < 1.29 is 13.7 Å². The van der Waals surface area contributed by atoms with Crippen molar-refractivity contribution >= 4 is 36.7 Å². The van der Waals surface area contributed by atoms with Gasteiger partial charge in [-0.15, -0.1) is 0 Å². The van der Waals surface area contributed by atoms with Crippen LogP contribution < -0.4 is 0 Å². The van der Waals surface area contributed by atoms with Crippen molar-refractivity contribution in [2.75, 3.05) is 13.2 Å². The molecule has 3 rings (SSSR count). The minimum absolute atomic E-state index is 0.183. The summed E-state index contributed by atoms with van der Waals surface area (Å²) in [6, 6.07) is 0. The third-order valence-corrected chi connectivity index (χ3v) is 4.42. The largest absolute Gasteiger partial charge is 0.367 e. The zero-order valence-electron chi connectivity index (χ0n) is 7.83. The molecule has 5 heteroatoms. The minimum atomic E-state index is -0.445. The molecule has 0 aromatic rings. The lowest BCUT2D eigenvalue weighted by Crippen LogP contribution is -2.53. The summed E-state index contributed by atoms with van der Waals surface area (Å²) in [5, 5.41) is 0. The van der Waals surface area contributed by atoms with Gasteiger partial charge in [0.05, 0.1) is 22.4 Å². The lowest BCUT2D eigenvalue weighted by Gasteiger charge is -2.50. The summed E-state index contributed by atoms with van der Waals surface area (Å²) in [5.41, 5.74) is -0.262. The Kier molecular flexibility index (Phi) is 3.41. The van der Waals surface area contributed by atoms with Gasteiger partial charge in [-0.1, -0.05) is 0 Å². The number of ether oxygens (including phenoxy) is 1. The molecule has 2 heterocycles. The van der Waals surface area contributed by atoms with Crippen molar-refractivity contribution in [3.05, 3.63) is 0 Å². The fraction of sp³-hybridized carbons (Fsp3) is 0.889. The van der Waals surface area contributed by atoms with Crippen LogP contribution in [0.1, 0.15) is 25.7 Å². The third-order valence-electron chi connectivity index (χ3n) is 3.45. The minimum Gasteiger partial charge on any atom is -0.367 e. The maximum Gasteiger partial charge on any atom is 0.151 e. The molecule has 0 spiro atoms. The molecule has 0 amide bonds. The highest BCUT2D eigenvalue weighted by molar-refractivity contribution is 14.2. The first kappa shape index (κ1) is 11.2. The number of halogens is 1. The van der Waals surface area contributed by atoms with E-state index in [1.54, 1.807) is 0 Å². The molecule has 3 aliphatic rings. The summed E-state index contributed by atoms with van der Waals surface area (Å²) in [6.07, 6.45) is 4.84. The summed E-state index contributed by atoms with van der Waals surface area (Å²) >= 11 is 2.13. The molecule has 3 nitrogen and oxygen atoms in total. The van der Waals surface area contributed by atoms with Gasteiger partial charge in [-0.05, 0) is 25.7 Å². The van der Waals surface area contributed by atoms with Gasteiger partial charge < -0.3 is 13.7 Å². The van der Waals surface area contributed by atoms with Crippen molar-refractivity contribution in [3.8, 4) is 0 Å². The Labute approximate surface area is 100 Å². The van der Waals surface area contributed by atoms with Crippen LogP contribution in [0.15, 0.2) is 0 Å². The van der Waals surface area contributed by atoms with E-state index in [9.17, 15) is 4.79 Å². The summed E-state index contributed by atoms with van der Waals surface area (Å²) in [7, 11) is 1.38. The highest BCUT2D eigenvalue weighted by atomic mass is 127. The second-order valence-corrected chi connectivity index (χ2v) is 5.74. The van der Waals surface area contributed by atoms with E-state index in [0.717, 1.165) is 38.6 Å². The van der Waals surface area contributed by atoms with Gasteiger partial charge in [0.25, 0.3) is 0 Å². The van der Waals surface area contributed by atoms with Crippen molar-refractivity contribution in [1.29, 1.82) is 0 Å². The van der Waals surface area contributed by atoms with E-state index >= 15 is 0 Å². The van der Waals surface area contributed by atoms with Crippen molar-refractivity contribution in [1.82, 2.24) is 0 Å². The van der Waals surface area contributed by atoms with E-state index in [4.69, 9.17) is 8.92 Å². The van der Waals surface area contributed by atoms with Gasteiger partial charge in [0, 0.05) is 26.6 Å². The van der Waals surface area contributed by atoms with Gasteiger partial charge in [0.15, 0.2) is 6.29 Å². The standard InChI is InChI=1S/C9H13IO3S/c10-14-13-7-8-1-3-9(5-11,4-2-8)12-6-8/h5H,1-4,6-7H2. The molecule has 0 aromatic carbocycles. The van der Waals surface area contributed by atoms with E-state index in [0.29, 0.717) is 6.61 Å². The second kappa shape index (κ2) is 4.27. The zero-order chi connectivity index (χ0) is 10.1. The SMILES string of the molecule is O=CC12CCC(COSI)(CC1)CO2. The highest BCUT2D eigenvalue weighted by Gasteiger charge is 2.49. The van der Waals surface area contributed by atoms with E-state index in [-0.39, 0.29) is 5.41 Å². The van der Waals surface area contributed by atoms with Crippen LogP contribution >= 0.6 is 30.4 Å². The molecule has 0 radical (unpaired) electrons. The number of rotatable bonds is 4. The van der Waals surface area contributed by atoms with E-state index in [1.807, 2.05) is 0 Å². The van der Waals surface area contributed by atoms with Crippen LogP contribution in [-0.2, 0) is 13.7 Å². The van der Waals surface area contributed by atoms with Gasteiger partial charge in [0.1, 0.15) is 5.60 Å². The first-order valence-corrected chi connectivity index (χ1v) is 8.03. The molecular weight excluding hydrogens is 315 g/mol. The molecule has 1 aliphatic carbocycles. The van der Waals surface area contributed by atoms with E-state index in [2.05, 4.69) is 21.2 Å². The summed E-state index contributed by atoms with van der Waals surface area (Å²) in [5.74, 6) is 0. The fourth-order valence-corrected chi connectivity index (χ4v) is 2.95. The van der Waals surface area contributed by atoms with Crippen LogP contribution in [0.4, 0.5) is 0 Å². The molecule has 0 atom stereocenters. The Morgan fingerprint density at radius 2 is 2.14 bits per heavy atom. The van der Waals surface area contributed by atoms with Crippen LogP contribution in [0.3, 0.4) is 0 Å². The smallest absolute Gasteiger partial charge is 0.151 e. The average molecular weight is 328 g/mol. The van der Waals surface area contributed by atoms with Crippen molar-refractivity contribution in [3.63, 3.8) is 0 Å². The van der Waals surface area contributed by atoms with Gasteiger partial charge in [-0.3, -0.25) is 0 Å². The molecule has 0 unspecified atom stereocenters. The molecule has 0 aromatic heterocycles. The summed E-state index contributed by atoms with van der Waals surface area (Å²) in [6.45, 7) is 1.43. The van der Waals surface area contributed by atoms with Crippen molar-refractivity contribution in [2.24, 2.45) is 5.41 Å². The molecule has 0 N–H and O–H groups in total. The number of carbonyl (C=O) groups excluding carboxylic acids is 1. The Balaban J connectivity index is 1.98. The quantitative estimate of drug-likeness (QED) is 0.451. The van der Waals surface area contributed by atoms with Crippen molar-refractivity contribution in [2.45, 2.75) is 31.3 Å². The van der Waals surface area contributed by atoms with E-state index < -0.39 is 5.60 Å².